The molecule has 1 N–H and O–H groups in total. The van der Waals surface area contributed by atoms with Gasteiger partial charge in [-0.3, -0.25) is 4.90 Å². The molecule has 1 aromatic rings. The molecule has 2 aliphatic carbocycles. The van der Waals surface area contributed by atoms with Crippen molar-refractivity contribution in [3.63, 3.8) is 0 Å². The maximum atomic E-state index is 9.88. The summed E-state index contributed by atoms with van der Waals surface area (Å²) in [5, 5.41) is 10.3. The number of fused-ring (bicyclic) bond motifs is 1. The van der Waals surface area contributed by atoms with Gasteiger partial charge in [0.15, 0.2) is 0 Å². The highest BCUT2D eigenvalue weighted by molar-refractivity contribution is 6.32. The van der Waals surface area contributed by atoms with Gasteiger partial charge in [0.25, 0.3) is 0 Å². The van der Waals surface area contributed by atoms with Crippen LogP contribution in [0.5, 0.6) is 5.75 Å². The van der Waals surface area contributed by atoms with Crippen molar-refractivity contribution in [2.45, 2.75) is 62.8 Å². The summed E-state index contributed by atoms with van der Waals surface area (Å²) in [7, 11) is 1.85. The third-order valence-corrected chi connectivity index (χ3v) is 6.79. The monoisotopic (exact) mass is 365 g/mol. The molecule has 1 aliphatic heterocycles. The first kappa shape index (κ1) is 17.6. The quantitative estimate of drug-likeness (QED) is 0.827. The van der Waals surface area contributed by atoms with E-state index in [2.05, 4.69) is 4.90 Å². The Kier molecular flexibility index (Phi) is 4.98. The lowest BCUT2D eigenvalue weighted by Gasteiger charge is -2.43. The van der Waals surface area contributed by atoms with Crippen molar-refractivity contribution >= 4 is 11.6 Å². The van der Waals surface area contributed by atoms with E-state index in [0.717, 1.165) is 56.9 Å². The van der Waals surface area contributed by atoms with E-state index in [-0.39, 0.29) is 11.4 Å². The molecule has 1 heterocycles. The third-order valence-electron chi connectivity index (χ3n) is 6.35. The lowest BCUT2D eigenvalue weighted by atomic mass is 9.79. The van der Waals surface area contributed by atoms with Gasteiger partial charge in [-0.15, -0.1) is 0 Å². The van der Waals surface area contributed by atoms with Crippen LogP contribution in [0.15, 0.2) is 18.2 Å². The molecular formula is C20H28ClNO3. The number of nitrogens with zero attached hydrogens (tertiary/aromatic N) is 1. The number of aromatic hydroxyl groups is 1. The van der Waals surface area contributed by atoms with Crippen LogP contribution in [0.3, 0.4) is 0 Å². The van der Waals surface area contributed by atoms with Crippen LogP contribution >= 0.6 is 11.6 Å². The predicted molar refractivity (Wildman–Crippen MR) is 98.0 cm³/mol. The molecule has 0 spiro atoms. The second kappa shape index (κ2) is 7.07. The Morgan fingerprint density at radius 1 is 1.28 bits per heavy atom. The number of likely N-dealkylation sites (tertiary alicyclic amines) is 1. The Morgan fingerprint density at radius 3 is 2.88 bits per heavy atom. The normalized spacial score (nSPS) is 32.7. The van der Waals surface area contributed by atoms with Gasteiger partial charge in [-0.25, -0.2) is 0 Å². The number of rotatable bonds is 6. The van der Waals surface area contributed by atoms with E-state index in [0.29, 0.717) is 17.2 Å². The summed E-state index contributed by atoms with van der Waals surface area (Å²) in [6, 6.07) is 5.85. The van der Waals surface area contributed by atoms with Gasteiger partial charge in [0.05, 0.1) is 16.7 Å². The van der Waals surface area contributed by atoms with Crippen LogP contribution in [-0.2, 0) is 16.0 Å². The van der Waals surface area contributed by atoms with Gasteiger partial charge in [0.2, 0.25) is 0 Å². The van der Waals surface area contributed by atoms with Crippen molar-refractivity contribution in [2.24, 2.45) is 5.92 Å². The Hall–Kier alpha value is -0.810. The average molecular weight is 366 g/mol. The summed E-state index contributed by atoms with van der Waals surface area (Å²) < 4.78 is 12.2. The predicted octanol–water partition coefficient (Wildman–Crippen LogP) is 3.98. The summed E-state index contributed by atoms with van der Waals surface area (Å²) >= 11 is 6.30. The standard InChI is InChI=1S/C20H28ClNO3/c1-24-20-8-7-16(25-13-14-5-6-14)11-18(20)22(10-9-20)12-15-3-2-4-17(23)19(15)21/h2-4,14,16,18,23H,5-13H2,1H3/t16-,18-,20+/m0/s1. The molecule has 4 nitrogen and oxygen atoms in total. The average Bonchev–Trinajstić information content (AvgIpc) is 3.39. The highest BCUT2D eigenvalue weighted by Gasteiger charge is 2.51. The highest BCUT2D eigenvalue weighted by Crippen LogP contribution is 2.44. The summed E-state index contributed by atoms with van der Waals surface area (Å²) in [6.45, 7) is 2.67. The maximum Gasteiger partial charge on any atom is 0.134 e. The topological polar surface area (TPSA) is 41.9 Å². The number of phenols is 1. The van der Waals surface area contributed by atoms with E-state index in [1.54, 1.807) is 6.07 Å². The SMILES string of the molecule is CO[C@@]12CC[C@H](OCC3CC3)C[C@@H]1N(Cc1cccc(O)c1Cl)CC2. The molecule has 0 radical (unpaired) electrons. The molecule has 4 rings (SSSR count). The van der Waals surface area contributed by atoms with Crippen molar-refractivity contribution < 1.29 is 14.6 Å². The molecule has 138 valence electrons. The molecule has 5 heteroatoms. The lowest BCUT2D eigenvalue weighted by Crippen LogP contribution is -2.51. The zero-order valence-electron chi connectivity index (χ0n) is 14.9. The molecule has 3 atom stereocenters. The Labute approximate surface area is 155 Å². The number of hydrogen-bond donors (Lipinski definition) is 1. The molecule has 3 aliphatic rings. The van der Waals surface area contributed by atoms with Gasteiger partial charge in [-0.2, -0.15) is 0 Å². The summed E-state index contributed by atoms with van der Waals surface area (Å²) in [6.07, 6.45) is 7.25. The Morgan fingerprint density at radius 2 is 2.12 bits per heavy atom. The van der Waals surface area contributed by atoms with Crippen LogP contribution in [0, 0.1) is 5.92 Å². The molecule has 1 saturated heterocycles. The van der Waals surface area contributed by atoms with Crippen LogP contribution in [0.2, 0.25) is 5.02 Å². The number of benzene rings is 1. The largest absolute Gasteiger partial charge is 0.506 e. The fourth-order valence-electron chi connectivity index (χ4n) is 4.56. The van der Waals surface area contributed by atoms with Crippen LogP contribution in [0.1, 0.15) is 44.1 Å². The smallest absolute Gasteiger partial charge is 0.134 e. The molecule has 3 fully saturated rings. The molecule has 25 heavy (non-hydrogen) atoms. The van der Waals surface area contributed by atoms with Gasteiger partial charge in [-0.1, -0.05) is 23.7 Å². The molecule has 2 saturated carbocycles. The van der Waals surface area contributed by atoms with E-state index in [9.17, 15) is 5.11 Å². The molecule has 0 amide bonds. The minimum Gasteiger partial charge on any atom is -0.506 e. The fourth-order valence-corrected chi connectivity index (χ4v) is 4.75. The Balaban J connectivity index is 1.47. The van der Waals surface area contributed by atoms with E-state index < -0.39 is 0 Å². The summed E-state index contributed by atoms with van der Waals surface area (Å²) in [5.74, 6) is 0.963. The molecular weight excluding hydrogens is 338 g/mol. The van der Waals surface area contributed by atoms with Gasteiger partial charge in [0.1, 0.15) is 5.75 Å². The van der Waals surface area contributed by atoms with Crippen LogP contribution in [-0.4, -0.2) is 48.0 Å². The third kappa shape index (κ3) is 3.55. The van der Waals surface area contributed by atoms with E-state index in [4.69, 9.17) is 21.1 Å². The zero-order valence-corrected chi connectivity index (χ0v) is 15.7. The van der Waals surface area contributed by atoms with Crippen molar-refractivity contribution in [1.29, 1.82) is 0 Å². The van der Waals surface area contributed by atoms with Crippen LogP contribution in [0.25, 0.3) is 0 Å². The van der Waals surface area contributed by atoms with Gasteiger partial charge < -0.3 is 14.6 Å². The lowest BCUT2D eigenvalue weighted by molar-refractivity contribution is -0.103. The number of phenolic OH excluding ortho intramolecular Hbond substituents is 1. The first-order valence-electron chi connectivity index (χ1n) is 9.48. The van der Waals surface area contributed by atoms with Crippen molar-refractivity contribution in [3.8, 4) is 5.75 Å². The van der Waals surface area contributed by atoms with Gasteiger partial charge in [-0.05, 0) is 56.1 Å². The first-order chi connectivity index (χ1) is 12.1. The van der Waals surface area contributed by atoms with Gasteiger partial charge in [0, 0.05) is 32.8 Å². The fraction of sp³-hybridized carbons (Fsp3) is 0.700. The molecule has 1 aromatic carbocycles. The minimum atomic E-state index is -0.0528. The van der Waals surface area contributed by atoms with E-state index >= 15 is 0 Å². The number of ether oxygens (including phenoxy) is 2. The minimum absolute atomic E-state index is 0.0528. The van der Waals surface area contributed by atoms with Crippen molar-refractivity contribution in [1.82, 2.24) is 4.90 Å². The number of methoxy groups -OCH3 is 1. The van der Waals surface area contributed by atoms with Crippen LogP contribution in [0.4, 0.5) is 0 Å². The maximum absolute atomic E-state index is 9.88. The first-order valence-corrected chi connectivity index (χ1v) is 9.86. The highest BCUT2D eigenvalue weighted by atomic mass is 35.5. The van der Waals surface area contributed by atoms with Crippen molar-refractivity contribution in [3.05, 3.63) is 28.8 Å². The number of halogens is 1. The summed E-state index contributed by atoms with van der Waals surface area (Å²) in [5.41, 5.74) is 0.928. The second-order valence-electron chi connectivity index (χ2n) is 7.93. The molecule has 0 aromatic heterocycles. The molecule has 0 bridgehead atoms. The zero-order chi connectivity index (χ0) is 17.4. The van der Waals surface area contributed by atoms with E-state index in [1.165, 1.54) is 12.8 Å². The van der Waals surface area contributed by atoms with Crippen molar-refractivity contribution in [2.75, 3.05) is 20.3 Å². The van der Waals surface area contributed by atoms with Crippen LogP contribution < -0.4 is 0 Å². The summed E-state index contributed by atoms with van der Waals surface area (Å²) in [4.78, 5) is 2.47. The second-order valence-corrected chi connectivity index (χ2v) is 8.31. The Bertz CT molecular complexity index is 621. The number of hydrogen-bond acceptors (Lipinski definition) is 4. The molecule has 0 unspecified atom stereocenters. The van der Waals surface area contributed by atoms with Gasteiger partial charge >= 0.3 is 0 Å². The van der Waals surface area contributed by atoms with E-state index in [1.807, 2.05) is 19.2 Å².